The fraction of sp³-hybridized carbons (Fsp3) is 0.533. The molecule has 4 nitrogen and oxygen atoms in total. The van der Waals surface area contributed by atoms with Crippen molar-refractivity contribution >= 4 is 22.0 Å². The molecule has 0 heterocycles. The maximum atomic E-state index is 11.6. The third-order valence-corrected chi connectivity index (χ3v) is 2.93. The van der Waals surface area contributed by atoms with Gasteiger partial charge in [0, 0.05) is 23.6 Å². The molecule has 0 fully saturated rings. The number of rotatable bonds is 5. The molecule has 1 amide bonds. The Morgan fingerprint density at radius 3 is 2.70 bits per heavy atom. The second-order valence-corrected chi connectivity index (χ2v) is 6.72. The molecule has 0 radical (unpaired) electrons. The quantitative estimate of drug-likeness (QED) is 0.861. The van der Waals surface area contributed by atoms with E-state index in [4.69, 9.17) is 4.74 Å². The van der Waals surface area contributed by atoms with E-state index < -0.39 is 5.60 Å². The first kappa shape index (κ1) is 17.0. The summed E-state index contributed by atoms with van der Waals surface area (Å²) in [5.74, 6) is 0. The van der Waals surface area contributed by atoms with E-state index in [1.165, 1.54) is 5.56 Å². The lowest BCUT2D eigenvalue weighted by molar-refractivity contribution is 0.0508. The summed E-state index contributed by atoms with van der Waals surface area (Å²) in [6, 6.07) is 8.14. The van der Waals surface area contributed by atoms with Crippen LogP contribution in [0.15, 0.2) is 28.7 Å². The molecule has 1 atom stereocenters. The zero-order valence-electron chi connectivity index (χ0n) is 12.5. The molecule has 5 heteroatoms. The van der Waals surface area contributed by atoms with E-state index in [0.717, 1.165) is 11.0 Å². The molecule has 1 aromatic rings. The van der Waals surface area contributed by atoms with Crippen molar-refractivity contribution in [1.82, 2.24) is 10.6 Å². The summed E-state index contributed by atoms with van der Waals surface area (Å²) in [4.78, 5) is 11.6. The molecule has 112 valence electrons. The Hall–Kier alpha value is -1.07. The fourth-order valence-corrected chi connectivity index (χ4v) is 2.09. The second kappa shape index (κ2) is 7.64. The zero-order chi connectivity index (χ0) is 15.2. The van der Waals surface area contributed by atoms with Crippen LogP contribution in [0.2, 0.25) is 0 Å². The van der Waals surface area contributed by atoms with Crippen molar-refractivity contribution in [3.8, 4) is 0 Å². The fourth-order valence-electron chi connectivity index (χ4n) is 1.64. The number of ether oxygens (including phenoxy) is 1. The van der Waals surface area contributed by atoms with Crippen LogP contribution in [0.25, 0.3) is 0 Å². The Morgan fingerprint density at radius 2 is 2.10 bits per heavy atom. The van der Waals surface area contributed by atoms with Crippen molar-refractivity contribution in [3.63, 3.8) is 0 Å². The van der Waals surface area contributed by atoms with Gasteiger partial charge in [0.2, 0.25) is 0 Å². The van der Waals surface area contributed by atoms with Crippen LogP contribution in [-0.4, -0.2) is 24.3 Å². The van der Waals surface area contributed by atoms with Crippen molar-refractivity contribution in [3.05, 3.63) is 34.3 Å². The third-order valence-electron chi connectivity index (χ3n) is 2.43. The van der Waals surface area contributed by atoms with E-state index in [0.29, 0.717) is 6.54 Å². The summed E-state index contributed by atoms with van der Waals surface area (Å²) < 4.78 is 6.27. The SMILES string of the molecule is CC(CNCc1cccc(Br)c1)NC(=O)OC(C)(C)C. The Labute approximate surface area is 129 Å². The first-order valence-corrected chi connectivity index (χ1v) is 7.50. The molecule has 0 aliphatic rings. The molecule has 0 aliphatic carbocycles. The van der Waals surface area contributed by atoms with Crippen molar-refractivity contribution < 1.29 is 9.53 Å². The minimum absolute atomic E-state index is 0.0111. The highest BCUT2D eigenvalue weighted by Crippen LogP contribution is 2.11. The second-order valence-electron chi connectivity index (χ2n) is 5.81. The highest BCUT2D eigenvalue weighted by Gasteiger charge is 2.17. The molecule has 1 aromatic carbocycles. The lowest BCUT2D eigenvalue weighted by Gasteiger charge is -2.22. The Kier molecular flexibility index (Phi) is 6.49. The predicted octanol–water partition coefficient (Wildman–Crippen LogP) is 3.45. The molecule has 1 rings (SSSR count). The van der Waals surface area contributed by atoms with Gasteiger partial charge >= 0.3 is 6.09 Å². The smallest absolute Gasteiger partial charge is 0.407 e. The first-order chi connectivity index (χ1) is 9.26. The van der Waals surface area contributed by atoms with Crippen LogP contribution in [0.5, 0.6) is 0 Å². The van der Waals surface area contributed by atoms with Crippen LogP contribution < -0.4 is 10.6 Å². The summed E-state index contributed by atoms with van der Waals surface area (Å²) >= 11 is 3.44. The van der Waals surface area contributed by atoms with Crippen molar-refractivity contribution in [2.45, 2.75) is 45.9 Å². The molecule has 0 aliphatic heterocycles. The van der Waals surface area contributed by atoms with Crippen molar-refractivity contribution in [1.29, 1.82) is 0 Å². The van der Waals surface area contributed by atoms with Gasteiger partial charge in [0.15, 0.2) is 0 Å². The average molecular weight is 343 g/mol. The number of hydrogen-bond donors (Lipinski definition) is 2. The summed E-state index contributed by atoms with van der Waals surface area (Å²) in [6.07, 6.45) is -0.380. The maximum absolute atomic E-state index is 11.6. The average Bonchev–Trinajstić information content (AvgIpc) is 2.25. The van der Waals surface area contributed by atoms with E-state index >= 15 is 0 Å². The van der Waals surface area contributed by atoms with Gasteiger partial charge in [-0.1, -0.05) is 28.1 Å². The minimum Gasteiger partial charge on any atom is -0.444 e. The molecule has 0 saturated heterocycles. The van der Waals surface area contributed by atoms with E-state index in [1.807, 2.05) is 39.8 Å². The Balaban J connectivity index is 2.26. The van der Waals surface area contributed by atoms with E-state index in [9.17, 15) is 4.79 Å². The van der Waals surface area contributed by atoms with Crippen LogP contribution in [0.1, 0.15) is 33.3 Å². The molecular weight excluding hydrogens is 320 g/mol. The van der Waals surface area contributed by atoms with Crippen molar-refractivity contribution in [2.24, 2.45) is 0 Å². The largest absolute Gasteiger partial charge is 0.444 e. The molecular formula is C15H23BrN2O2. The van der Waals surface area contributed by atoms with Gasteiger partial charge in [-0.2, -0.15) is 0 Å². The molecule has 1 unspecified atom stereocenters. The molecule has 0 saturated carbocycles. The first-order valence-electron chi connectivity index (χ1n) is 6.71. The summed E-state index contributed by atoms with van der Waals surface area (Å²) in [6.45, 7) is 8.94. The molecule has 20 heavy (non-hydrogen) atoms. The number of hydrogen-bond acceptors (Lipinski definition) is 3. The Bertz CT molecular complexity index is 444. The van der Waals surface area contributed by atoms with Gasteiger partial charge in [-0.3, -0.25) is 0 Å². The predicted molar refractivity (Wildman–Crippen MR) is 84.7 cm³/mol. The lowest BCUT2D eigenvalue weighted by Crippen LogP contribution is -2.42. The number of carbonyl (C=O) groups excluding carboxylic acids is 1. The van der Waals surface area contributed by atoms with E-state index in [1.54, 1.807) is 0 Å². The van der Waals surface area contributed by atoms with E-state index in [-0.39, 0.29) is 12.1 Å². The van der Waals surface area contributed by atoms with Gasteiger partial charge in [-0.15, -0.1) is 0 Å². The zero-order valence-corrected chi connectivity index (χ0v) is 14.1. The van der Waals surface area contributed by atoms with Gasteiger partial charge < -0.3 is 15.4 Å². The third kappa shape index (κ3) is 7.50. The van der Waals surface area contributed by atoms with Gasteiger partial charge in [0.05, 0.1) is 0 Å². The van der Waals surface area contributed by atoms with Crippen LogP contribution in [0, 0.1) is 0 Å². The number of carbonyl (C=O) groups is 1. The van der Waals surface area contributed by atoms with Gasteiger partial charge in [0.25, 0.3) is 0 Å². The van der Waals surface area contributed by atoms with Gasteiger partial charge in [0.1, 0.15) is 5.60 Å². The number of nitrogens with one attached hydrogen (secondary N) is 2. The van der Waals surface area contributed by atoms with Crippen molar-refractivity contribution in [2.75, 3.05) is 6.54 Å². The van der Waals surface area contributed by atoms with E-state index in [2.05, 4.69) is 38.7 Å². The van der Waals surface area contributed by atoms with Crippen LogP contribution in [0.3, 0.4) is 0 Å². The maximum Gasteiger partial charge on any atom is 0.407 e. The Morgan fingerprint density at radius 1 is 1.40 bits per heavy atom. The van der Waals surface area contributed by atoms with Crippen LogP contribution >= 0.6 is 15.9 Å². The monoisotopic (exact) mass is 342 g/mol. The number of alkyl carbamates (subject to hydrolysis) is 1. The molecule has 0 aromatic heterocycles. The van der Waals surface area contributed by atoms with Gasteiger partial charge in [-0.25, -0.2) is 4.79 Å². The lowest BCUT2D eigenvalue weighted by atomic mass is 10.2. The number of halogens is 1. The summed E-state index contributed by atoms with van der Waals surface area (Å²) in [7, 11) is 0. The summed E-state index contributed by atoms with van der Waals surface area (Å²) in [5.41, 5.74) is 0.733. The normalized spacial score (nSPS) is 12.8. The van der Waals surface area contributed by atoms with Gasteiger partial charge in [-0.05, 0) is 45.4 Å². The number of benzene rings is 1. The van der Waals surface area contributed by atoms with Crippen LogP contribution in [0.4, 0.5) is 4.79 Å². The topological polar surface area (TPSA) is 50.4 Å². The van der Waals surface area contributed by atoms with Crippen LogP contribution in [-0.2, 0) is 11.3 Å². The highest BCUT2D eigenvalue weighted by atomic mass is 79.9. The molecule has 0 bridgehead atoms. The summed E-state index contributed by atoms with van der Waals surface area (Å²) in [5, 5.41) is 6.11. The standard InChI is InChI=1S/C15H23BrN2O2/c1-11(18-14(19)20-15(2,3)4)9-17-10-12-6-5-7-13(16)8-12/h5-8,11,17H,9-10H2,1-4H3,(H,18,19). The number of amides is 1. The minimum atomic E-state index is -0.465. The highest BCUT2D eigenvalue weighted by molar-refractivity contribution is 9.10. The molecule has 0 spiro atoms. The molecule has 2 N–H and O–H groups in total.